The van der Waals surface area contributed by atoms with Gasteiger partial charge in [-0.05, 0) is 175 Å². The van der Waals surface area contributed by atoms with E-state index in [0.717, 1.165) is 82.7 Å². The van der Waals surface area contributed by atoms with Gasteiger partial charge in [-0.25, -0.2) is 9.97 Å². The summed E-state index contributed by atoms with van der Waals surface area (Å²) in [5, 5.41) is 36.3. The molecule has 0 amide bonds. The molecule has 0 radical (unpaired) electrons. The Labute approximate surface area is 769 Å². The Morgan fingerprint density at radius 3 is 1.39 bits per heavy atom. The first-order valence-corrected chi connectivity index (χ1v) is 48.0. The van der Waals surface area contributed by atoms with Crippen LogP contribution in [0.15, 0.2) is 423 Å². The lowest BCUT2D eigenvalue weighted by Gasteiger charge is -2.16. The van der Waals surface area contributed by atoms with Crippen LogP contribution in [0.3, 0.4) is 0 Å². The molecule has 9 heterocycles. The normalized spacial score (nSPS) is 12.2. The number of nitrogens with zero attached hydrogens (tertiary/aromatic N) is 5. The Balaban J connectivity index is 0.0000000973. The van der Waals surface area contributed by atoms with Gasteiger partial charge in [0.15, 0.2) is 0 Å². The second kappa shape index (κ2) is 28.7. The van der Waals surface area contributed by atoms with Gasteiger partial charge < -0.3 is 13.6 Å². The second-order valence-electron chi connectivity index (χ2n) is 34.8. The van der Waals surface area contributed by atoms with E-state index in [1.54, 1.807) is 0 Å². The van der Waals surface area contributed by atoms with Crippen LogP contribution in [0.1, 0.15) is 0 Å². The van der Waals surface area contributed by atoms with Crippen molar-refractivity contribution in [1.82, 2.24) is 23.7 Å². The van der Waals surface area contributed by atoms with Crippen LogP contribution >= 0.6 is 45.3 Å². The third-order valence-corrected chi connectivity index (χ3v) is 32.2. The molecule has 0 unspecified atom stereocenters. The first kappa shape index (κ1) is 73.8. The van der Waals surface area contributed by atoms with E-state index in [0.29, 0.717) is 5.95 Å². The number of furan rings is 1. The van der Waals surface area contributed by atoms with Gasteiger partial charge in [0.1, 0.15) is 11.2 Å². The number of para-hydroxylation sites is 2. The van der Waals surface area contributed by atoms with Gasteiger partial charge in [-0.3, -0.25) is 4.57 Å². The zero-order valence-corrected chi connectivity index (χ0v) is 73.9. The minimum Gasteiger partial charge on any atom is -0.455 e. The largest absolute Gasteiger partial charge is 0.455 e. The fourth-order valence-corrected chi connectivity index (χ4v) is 26.2. The predicted molar refractivity (Wildman–Crippen MR) is 570 cm³/mol. The van der Waals surface area contributed by atoms with Crippen molar-refractivity contribution < 1.29 is 4.42 Å². The number of hydrogen-bond acceptors (Lipinski definition) is 7. The summed E-state index contributed by atoms with van der Waals surface area (Å²) >= 11 is 7.51. The average Bonchev–Trinajstić information content (AvgIpc) is 1.45. The van der Waals surface area contributed by atoms with Crippen molar-refractivity contribution >= 4 is 289 Å². The topological polar surface area (TPSA) is 53.7 Å². The van der Waals surface area contributed by atoms with Crippen molar-refractivity contribution in [3.05, 3.63) is 419 Å². The fraction of sp³-hybridized carbons (Fsp3) is 0. The molecule has 0 N–H and O–H groups in total. The van der Waals surface area contributed by atoms with Crippen LogP contribution in [0.5, 0.6) is 0 Å². The van der Waals surface area contributed by atoms with Crippen molar-refractivity contribution in [1.29, 1.82) is 0 Å². The van der Waals surface area contributed by atoms with Gasteiger partial charge in [-0.15, -0.1) is 45.3 Å². The lowest BCUT2D eigenvalue weighted by Crippen LogP contribution is -2.04. The third kappa shape index (κ3) is 11.1. The van der Waals surface area contributed by atoms with E-state index in [1.807, 2.05) is 45.3 Å². The highest BCUT2D eigenvalue weighted by molar-refractivity contribution is 7.27. The Morgan fingerprint density at radius 2 is 0.659 bits per heavy atom. The summed E-state index contributed by atoms with van der Waals surface area (Å²) in [5.74, 6) is 0.678. The van der Waals surface area contributed by atoms with Crippen LogP contribution in [0.25, 0.3) is 283 Å². The van der Waals surface area contributed by atoms with Crippen LogP contribution in [0, 0.1) is 0 Å². The van der Waals surface area contributed by atoms with Crippen LogP contribution in [-0.2, 0) is 0 Å². The molecule has 0 aliphatic carbocycles. The minimum absolute atomic E-state index is 0.678. The molecule has 0 aliphatic heterocycles. The van der Waals surface area contributed by atoms with E-state index in [9.17, 15) is 0 Å². The smallest absolute Gasteiger partial charge is 0.235 e. The summed E-state index contributed by atoms with van der Waals surface area (Å²) < 4.78 is 24.5. The molecule has 612 valence electrons. The summed E-state index contributed by atoms with van der Waals surface area (Å²) in [6.07, 6.45) is 0. The summed E-state index contributed by atoms with van der Waals surface area (Å²) in [5.41, 5.74) is 16.6. The number of fused-ring (bicyclic) bond motifs is 36. The molecule has 0 saturated heterocycles. The van der Waals surface area contributed by atoms with Gasteiger partial charge in [-0.2, -0.15) is 0 Å². The number of aromatic nitrogens is 5. The van der Waals surface area contributed by atoms with Crippen molar-refractivity contribution in [2.45, 2.75) is 0 Å². The summed E-state index contributed by atoms with van der Waals surface area (Å²) in [6, 6.07) is 153. The summed E-state index contributed by atoms with van der Waals surface area (Å²) in [6.45, 7) is 0. The quantitative estimate of drug-likeness (QED) is 0.161. The van der Waals surface area contributed by atoms with E-state index in [1.165, 1.54) is 195 Å². The third-order valence-electron chi connectivity index (χ3n) is 27.7. The minimum atomic E-state index is 0.678. The maximum Gasteiger partial charge on any atom is 0.235 e. The van der Waals surface area contributed by atoms with Crippen LogP contribution in [-0.4, -0.2) is 23.7 Å². The van der Waals surface area contributed by atoms with Crippen molar-refractivity contribution in [3.63, 3.8) is 0 Å². The molecule has 31 rings (SSSR count). The molecule has 0 spiro atoms. The van der Waals surface area contributed by atoms with Crippen LogP contribution in [0.2, 0.25) is 0 Å². The van der Waals surface area contributed by atoms with Gasteiger partial charge in [0, 0.05) is 169 Å². The monoisotopic (exact) mass is 1750 g/mol. The predicted octanol–water partition coefficient (Wildman–Crippen LogP) is 35.9. The SMILES string of the molecule is c1ccc(-c2cccc3c2oc2cc(-n4c5cc6ccccc6cc5c5cc6c(cc54)sc4ccccc46)ccc23)cc1.c1ccc(-c2nc(-n3c4cc5c(cc4c4ccc6ccccc6c43)sc3ccccc35)nc3c4ccccc4c4ccccc4c23)cc1.c1ccc2cc3c(cc2c1)sc1cc2c(cc13)c1ccccc1n2-c1ccc2ccc3sc4ccccc4c3c2c1. The average molecular weight is 1750 g/mol. The van der Waals surface area contributed by atoms with Crippen molar-refractivity contribution in [3.8, 4) is 39.7 Å². The molecule has 22 aromatic carbocycles. The zero-order chi connectivity index (χ0) is 86.1. The molecular formula is C122H69N5OS4. The molecule has 0 fully saturated rings. The van der Waals surface area contributed by atoms with Gasteiger partial charge in [0.2, 0.25) is 5.95 Å². The van der Waals surface area contributed by atoms with E-state index >= 15 is 0 Å². The van der Waals surface area contributed by atoms with Gasteiger partial charge in [0.25, 0.3) is 0 Å². The maximum absolute atomic E-state index is 6.67. The van der Waals surface area contributed by atoms with Gasteiger partial charge in [0.05, 0.1) is 44.3 Å². The number of rotatable bonds is 5. The van der Waals surface area contributed by atoms with Gasteiger partial charge >= 0.3 is 0 Å². The molecule has 0 aliphatic rings. The van der Waals surface area contributed by atoms with E-state index in [-0.39, 0.29) is 0 Å². The molecule has 9 aromatic heterocycles. The Hall–Kier alpha value is -16.2. The van der Waals surface area contributed by atoms with Crippen molar-refractivity contribution in [2.24, 2.45) is 0 Å². The molecular weight excluding hydrogens is 1680 g/mol. The summed E-state index contributed by atoms with van der Waals surface area (Å²) in [4.78, 5) is 11.1. The van der Waals surface area contributed by atoms with Crippen LogP contribution in [0.4, 0.5) is 0 Å². The maximum atomic E-state index is 6.67. The lowest BCUT2D eigenvalue weighted by atomic mass is 9.94. The van der Waals surface area contributed by atoms with Gasteiger partial charge in [-0.1, -0.05) is 297 Å². The van der Waals surface area contributed by atoms with E-state index < -0.39 is 0 Å². The van der Waals surface area contributed by atoms with Crippen molar-refractivity contribution in [2.75, 3.05) is 0 Å². The van der Waals surface area contributed by atoms with Crippen LogP contribution < -0.4 is 0 Å². The fourth-order valence-electron chi connectivity index (χ4n) is 21.7. The van der Waals surface area contributed by atoms with E-state index in [2.05, 4.69) is 432 Å². The molecule has 10 heteroatoms. The molecule has 0 bridgehead atoms. The summed E-state index contributed by atoms with van der Waals surface area (Å²) in [7, 11) is 0. The Bertz CT molecular complexity index is 10400. The molecule has 0 atom stereocenters. The first-order chi connectivity index (χ1) is 65.4. The van der Waals surface area contributed by atoms with E-state index in [4.69, 9.17) is 14.4 Å². The Morgan fingerprint density at radius 1 is 0.205 bits per heavy atom. The zero-order valence-electron chi connectivity index (χ0n) is 70.6. The standard InChI is InChI=1S/C44H25N3S.C40H23NOS.C38H21NS2/c1-2-13-27(14-3-1)41-40-32-19-8-6-16-29(32)30-17-7-9-20-33(30)42(40)46-44(45-41)47-37-24-36-31-18-10-11-21-38(31)48-39(36)25-35(37)34-23-22-26-12-4-5-15-28(26)43(34)47;1-2-9-24(10-3-1)28-14-8-15-31-29-18-17-27(21-37(29)42-40(28)31)41-35-20-26-12-5-4-11-25(26)19-32(35)33-22-34-30-13-6-7-16-38(30)43-39(34)23-36(33)41;1-2-8-24-18-36-30(17-23(24)7-1)31-20-29-26-9-3-5-11-32(26)39(33(29)21-37(31)41-36)25-15-13-22-14-16-35-38(28(22)19-25)27-10-4-6-12-34(27)40-35/h1-25H;1-23H;1-21H. The molecule has 132 heavy (non-hydrogen) atoms. The highest BCUT2D eigenvalue weighted by atomic mass is 32.1. The Kier molecular flexibility index (Phi) is 16.0. The highest BCUT2D eigenvalue weighted by Crippen LogP contribution is 2.50. The molecule has 6 nitrogen and oxygen atoms in total. The number of thiophene rings is 4. The second-order valence-corrected chi connectivity index (χ2v) is 39.2. The first-order valence-electron chi connectivity index (χ1n) is 44.8. The highest BCUT2D eigenvalue weighted by Gasteiger charge is 2.27. The number of hydrogen-bond donors (Lipinski definition) is 0. The number of benzene rings is 22. The lowest BCUT2D eigenvalue weighted by molar-refractivity contribution is 0.669. The molecule has 31 aromatic rings. The molecule has 0 saturated carbocycles.